The van der Waals surface area contributed by atoms with Crippen molar-refractivity contribution >= 4 is 0 Å². The Morgan fingerprint density at radius 1 is 0.164 bits per heavy atom. The molecule has 15 nitrogen and oxygen atoms in total. The minimum atomic E-state index is 0.0386. The Labute approximate surface area is 410 Å². The molecule has 0 fully saturated rings. The van der Waals surface area contributed by atoms with Crippen molar-refractivity contribution in [1.29, 1.82) is 0 Å². The van der Waals surface area contributed by atoms with Crippen LogP contribution < -0.4 is 0 Å². The van der Waals surface area contributed by atoms with Gasteiger partial charge in [0.05, 0.1) is 172 Å². The fourth-order valence-corrected chi connectivity index (χ4v) is 6.49. The van der Waals surface area contributed by atoms with Crippen LogP contribution in [0, 0.1) is 0 Å². The predicted molar refractivity (Wildman–Crippen MR) is 268 cm³/mol. The molecule has 0 amide bonds. The summed E-state index contributed by atoms with van der Waals surface area (Å²) in [7, 11) is 0. The van der Waals surface area contributed by atoms with Crippen LogP contribution in [0.4, 0.5) is 0 Å². The number of ether oxygens (including phenoxy) is 13. The average Bonchev–Trinajstić information content (AvgIpc) is 3.34. The minimum Gasteiger partial charge on any atom is -0.394 e. The highest BCUT2D eigenvalue weighted by atomic mass is 16.6. The summed E-state index contributed by atoms with van der Waals surface area (Å²) < 4.78 is 70.3. The van der Waals surface area contributed by atoms with Gasteiger partial charge in [-0.25, -0.2) is 0 Å². The maximum atomic E-state index is 8.56. The number of hydrogen-bond acceptors (Lipinski definition) is 15. The second-order valence-electron chi connectivity index (χ2n) is 16.5. The Morgan fingerprint density at radius 2 is 0.299 bits per heavy atom. The summed E-state index contributed by atoms with van der Waals surface area (Å²) in [4.78, 5) is 0. The Hall–Kier alpha value is -0.600. The molecule has 0 spiro atoms. The largest absolute Gasteiger partial charge is 0.394 e. The summed E-state index contributed by atoms with van der Waals surface area (Å²) in [5, 5.41) is 17.1. The Balaban J connectivity index is 0. The normalized spacial score (nSPS) is 11.5. The fourth-order valence-electron chi connectivity index (χ4n) is 6.49. The van der Waals surface area contributed by atoms with Crippen molar-refractivity contribution in [2.45, 2.75) is 155 Å². The molecule has 0 heterocycles. The Bertz CT molecular complexity index is 743. The number of hydrogen-bond donors (Lipinski definition) is 2. The van der Waals surface area contributed by atoms with Gasteiger partial charge in [0, 0.05) is 13.2 Å². The van der Waals surface area contributed by atoms with Crippen LogP contribution in [0.1, 0.15) is 155 Å². The monoisotopic (exact) mass is 973 g/mol. The van der Waals surface area contributed by atoms with Crippen molar-refractivity contribution in [3.8, 4) is 0 Å². The van der Waals surface area contributed by atoms with Crippen LogP contribution in [-0.2, 0) is 61.6 Å². The summed E-state index contributed by atoms with van der Waals surface area (Å²) in [6.07, 6.45) is 29.9. The third-order valence-corrected chi connectivity index (χ3v) is 10.3. The minimum absolute atomic E-state index is 0.0386. The van der Waals surface area contributed by atoms with E-state index in [1.54, 1.807) is 0 Å². The second-order valence-corrected chi connectivity index (χ2v) is 16.5. The van der Waals surface area contributed by atoms with E-state index in [0.717, 1.165) is 26.1 Å². The SMILES string of the molecule is CCCCCCCCCCCCCCOCCOCCOCCOCCOCCOCCOCCO.CCCCCCCCCCCCOCCOCCOCCOCCOCCOCCO. The first kappa shape index (κ1) is 68.5. The maximum Gasteiger partial charge on any atom is 0.0701 e. The predicted octanol–water partition coefficient (Wildman–Crippen LogP) is 8.80. The summed E-state index contributed by atoms with van der Waals surface area (Å²) in [6.45, 7) is 19.3. The van der Waals surface area contributed by atoms with Gasteiger partial charge in [0.1, 0.15) is 0 Å². The molecule has 15 heteroatoms. The molecule has 0 unspecified atom stereocenters. The standard InChI is InChI=1S/C28H58O8.C24H50O7/c1-2-3-4-5-6-7-8-9-10-11-12-13-15-30-17-19-32-21-23-34-25-27-36-28-26-35-24-22-33-20-18-31-16-14-29;1-2-3-4-5-6-7-8-9-10-11-13-26-15-17-28-19-21-30-23-24-31-22-20-29-18-16-27-14-12-25/h29H,2-28H2,1H3;25H,2-24H2,1H3. The van der Waals surface area contributed by atoms with Gasteiger partial charge in [-0.3, -0.25) is 0 Å². The highest BCUT2D eigenvalue weighted by molar-refractivity contribution is 4.50. The van der Waals surface area contributed by atoms with E-state index in [0.29, 0.717) is 159 Å². The van der Waals surface area contributed by atoms with Crippen LogP contribution in [0.2, 0.25) is 0 Å². The topological polar surface area (TPSA) is 160 Å². The van der Waals surface area contributed by atoms with E-state index in [1.165, 1.54) is 128 Å². The van der Waals surface area contributed by atoms with E-state index in [9.17, 15) is 0 Å². The lowest BCUT2D eigenvalue weighted by molar-refractivity contribution is -0.0215. The zero-order chi connectivity index (χ0) is 48.5. The molecule has 0 saturated carbocycles. The van der Waals surface area contributed by atoms with Crippen LogP contribution >= 0.6 is 0 Å². The molecule has 0 bridgehead atoms. The molecule has 0 aliphatic carbocycles. The molecule has 67 heavy (non-hydrogen) atoms. The van der Waals surface area contributed by atoms with E-state index < -0.39 is 0 Å². The van der Waals surface area contributed by atoms with Crippen molar-refractivity contribution in [2.24, 2.45) is 0 Å². The molecule has 0 atom stereocenters. The molecule has 0 rings (SSSR count). The highest BCUT2D eigenvalue weighted by Gasteiger charge is 1.99. The van der Waals surface area contributed by atoms with Crippen molar-refractivity contribution < 1.29 is 71.8 Å². The molecule has 0 saturated heterocycles. The van der Waals surface area contributed by atoms with Crippen LogP contribution in [-0.4, -0.2) is 195 Å². The number of unbranched alkanes of at least 4 members (excludes halogenated alkanes) is 20. The number of aliphatic hydroxyl groups is 2. The molecule has 0 aliphatic heterocycles. The first-order chi connectivity index (χ1) is 33.3. The van der Waals surface area contributed by atoms with Gasteiger partial charge in [0.2, 0.25) is 0 Å². The van der Waals surface area contributed by atoms with Crippen LogP contribution in [0.3, 0.4) is 0 Å². The van der Waals surface area contributed by atoms with Gasteiger partial charge in [0.25, 0.3) is 0 Å². The van der Waals surface area contributed by atoms with E-state index in [-0.39, 0.29) is 13.2 Å². The van der Waals surface area contributed by atoms with Crippen LogP contribution in [0.25, 0.3) is 0 Å². The fraction of sp³-hybridized carbons (Fsp3) is 1.00. The quantitative estimate of drug-likeness (QED) is 0.0557. The number of aliphatic hydroxyl groups excluding tert-OH is 2. The Kier molecular flexibility index (Phi) is 71.2. The van der Waals surface area contributed by atoms with Crippen LogP contribution in [0.15, 0.2) is 0 Å². The number of rotatable bonds is 61. The Morgan fingerprint density at radius 3 is 0.463 bits per heavy atom. The van der Waals surface area contributed by atoms with Gasteiger partial charge >= 0.3 is 0 Å². The molecular weight excluding hydrogens is 865 g/mol. The summed E-state index contributed by atoms with van der Waals surface area (Å²) in [5.74, 6) is 0. The van der Waals surface area contributed by atoms with Crippen molar-refractivity contribution in [1.82, 2.24) is 0 Å². The van der Waals surface area contributed by atoms with Gasteiger partial charge in [-0.1, -0.05) is 142 Å². The van der Waals surface area contributed by atoms with Gasteiger partial charge in [-0.05, 0) is 12.8 Å². The molecular formula is C52H108O15. The van der Waals surface area contributed by atoms with E-state index >= 15 is 0 Å². The summed E-state index contributed by atoms with van der Waals surface area (Å²) >= 11 is 0. The smallest absolute Gasteiger partial charge is 0.0701 e. The van der Waals surface area contributed by atoms with E-state index in [4.69, 9.17) is 71.8 Å². The first-order valence-electron chi connectivity index (χ1n) is 27.1. The second kappa shape index (κ2) is 69.7. The maximum absolute atomic E-state index is 8.56. The summed E-state index contributed by atoms with van der Waals surface area (Å²) in [5.41, 5.74) is 0. The summed E-state index contributed by atoms with van der Waals surface area (Å²) in [6, 6.07) is 0. The molecule has 0 aromatic rings. The zero-order valence-corrected chi connectivity index (χ0v) is 43.6. The molecule has 0 radical (unpaired) electrons. The highest BCUT2D eigenvalue weighted by Crippen LogP contribution is 2.12. The van der Waals surface area contributed by atoms with Crippen molar-refractivity contribution in [3.63, 3.8) is 0 Å². The van der Waals surface area contributed by atoms with Gasteiger partial charge < -0.3 is 71.8 Å². The lowest BCUT2D eigenvalue weighted by Gasteiger charge is -2.08. The molecule has 0 aromatic carbocycles. The van der Waals surface area contributed by atoms with Crippen LogP contribution in [0.5, 0.6) is 0 Å². The van der Waals surface area contributed by atoms with Gasteiger partial charge in [-0.15, -0.1) is 0 Å². The lowest BCUT2D eigenvalue weighted by Crippen LogP contribution is -2.14. The lowest BCUT2D eigenvalue weighted by atomic mass is 10.1. The first-order valence-corrected chi connectivity index (χ1v) is 27.1. The third kappa shape index (κ3) is 72.1. The zero-order valence-electron chi connectivity index (χ0n) is 43.6. The molecule has 2 N–H and O–H groups in total. The van der Waals surface area contributed by atoms with Crippen molar-refractivity contribution in [2.75, 3.05) is 185 Å². The van der Waals surface area contributed by atoms with E-state index in [2.05, 4.69) is 13.8 Å². The van der Waals surface area contributed by atoms with Gasteiger partial charge in [0.15, 0.2) is 0 Å². The molecule has 0 aliphatic rings. The average molecular weight is 973 g/mol. The molecule has 0 aromatic heterocycles. The van der Waals surface area contributed by atoms with E-state index in [1.807, 2.05) is 0 Å². The third-order valence-electron chi connectivity index (χ3n) is 10.3. The molecule has 406 valence electrons. The van der Waals surface area contributed by atoms with Gasteiger partial charge in [-0.2, -0.15) is 0 Å². The van der Waals surface area contributed by atoms with Crippen molar-refractivity contribution in [3.05, 3.63) is 0 Å².